The second-order valence-electron chi connectivity index (χ2n) is 16.3. The van der Waals surface area contributed by atoms with Gasteiger partial charge in [-0.1, -0.05) is 108 Å². The lowest BCUT2D eigenvalue weighted by Crippen LogP contribution is -2.14. The number of aryl methyl sites for hydroxylation is 5. The molecule has 0 bridgehead atoms. The molecule has 0 aromatic heterocycles. The van der Waals surface area contributed by atoms with E-state index in [-0.39, 0.29) is 0 Å². The molecule has 0 saturated carbocycles. The monoisotopic (exact) mass is 816 g/mol. The lowest BCUT2D eigenvalue weighted by atomic mass is 10.1. The quantitative estimate of drug-likeness (QED) is 0.122. The molecule has 0 fully saturated rings. The van der Waals surface area contributed by atoms with Crippen LogP contribution in [0.15, 0.2) is 224 Å². The van der Waals surface area contributed by atoms with Crippen molar-refractivity contribution in [2.24, 2.45) is 0 Å². The summed E-state index contributed by atoms with van der Waals surface area (Å²) in [6.45, 7) is 10.8. The number of anilines is 12. The van der Waals surface area contributed by atoms with Gasteiger partial charge in [0, 0.05) is 68.2 Å². The fraction of sp³-hybridized carbons (Fsp3) is 0.0847. The fourth-order valence-corrected chi connectivity index (χ4v) is 8.54. The highest BCUT2D eigenvalue weighted by Gasteiger charge is 2.20. The van der Waals surface area contributed by atoms with Gasteiger partial charge < -0.3 is 19.6 Å². The highest BCUT2D eigenvalue weighted by Crippen LogP contribution is 2.43. The third kappa shape index (κ3) is 8.70. The van der Waals surface area contributed by atoms with Crippen LogP contribution >= 0.6 is 0 Å². The van der Waals surface area contributed by atoms with E-state index in [2.05, 4.69) is 279 Å². The smallest absolute Gasteiger partial charge is 0.0490 e. The largest absolute Gasteiger partial charge is 0.311 e. The first-order valence-corrected chi connectivity index (χ1v) is 21.7. The van der Waals surface area contributed by atoms with Crippen molar-refractivity contribution in [3.05, 3.63) is 252 Å². The molecule has 4 nitrogen and oxygen atoms in total. The standard InChI is InChI=1S/C59H52N4/c1-43-21-25-51(26-22-43)60(48-15-9-6-10-16-48)52-27-29-53(30-28-52)61(54-31-35-56(36-32-54)62(49-17-11-7-12-18-49)58-39-23-44(2)41-46(58)4)55-33-37-57(38-34-55)63(50-19-13-8-14-20-50)59-40-24-45(3)42-47(59)5/h6-42H,1-5H3. The van der Waals surface area contributed by atoms with Gasteiger partial charge in [-0.25, -0.2) is 0 Å². The molecular formula is C59H52N4. The Balaban J connectivity index is 1.14. The summed E-state index contributed by atoms with van der Waals surface area (Å²) in [4.78, 5) is 9.36. The van der Waals surface area contributed by atoms with Crippen molar-refractivity contribution in [1.82, 2.24) is 0 Å². The van der Waals surface area contributed by atoms with Gasteiger partial charge in [0.25, 0.3) is 0 Å². The molecule has 63 heavy (non-hydrogen) atoms. The summed E-state index contributed by atoms with van der Waals surface area (Å²) in [5.74, 6) is 0. The molecule has 0 unspecified atom stereocenters. The summed E-state index contributed by atoms with van der Waals surface area (Å²) in [7, 11) is 0. The van der Waals surface area contributed by atoms with E-state index in [4.69, 9.17) is 0 Å². The third-order valence-corrected chi connectivity index (χ3v) is 11.6. The van der Waals surface area contributed by atoms with Crippen LogP contribution in [-0.2, 0) is 0 Å². The zero-order valence-corrected chi connectivity index (χ0v) is 36.7. The summed E-state index contributed by atoms with van der Waals surface area (Å²) in [6.07, 6.45) is 0. The maximum Gasteiger partial charge on any atom is 0.0490 e. The summed E-state index contributed by atoms with van der Waals surface area (Å²) in [5, 5.41) is 0. The van der Waals surface area contributed by atoms with Crippen LogP contribution in [0.2, 0.25) is 0 Å². The number of hydrogen-bond donors (Lipinski definition) is 0. The summed E-state index contributed by atoms with van der Waals surface area (Å²) in [5.41, 5.74) is 19.4. The van der Waals surface area contributed by atoms with Crippen LogP contribution in [0.1, 0.15) is 27.8 Å². The highest BCUT2D eigenvalue weighted by atomic mass is 15.2. The summed E-state index contributed by atoms with van der Waals surface area (Å²) in [6, 6.07) is 80.8. The molecule has 0 atom stereocenters. The molecule has 0 aliphatic heterocycles. The highest BCUT2D eigenvalue weighted by molar-refractivity contribution is 5.85. The van der Waals surface area contributed by atoms with E-state index in [0.717, 1.165) is 68.2 Å². The Kier molecular flexibility index (Phi) is 11.6. The normalized spacial score (nSPS) is 10.9. The maximum absolute atomic E-state index is 2.35. The molecule has 308 valence electrons. The lowest BCUT2D eigenvalue weighted by Gasteiger charge is -2.31. The molecule has 0 amide bonds. The Morgan fingerprint density at radius 1 is 0.206 bits per heavy atom. The van der Waals surface area contributed by atoms with Crippen molar-refractivity contribution >= 4 is 68.2 Å². The minimum atomic E-state index is 1.06. The molecule has 0 saturated heterocycles. The van der Waals surface area contributed by atoms with Gasteiger partial charge >= 0.3 is 0 Å². The van der Waals surface area contributed by atoms with Crippen LogP contribution in [0.5, 0.6) is 0 Å². The van der Waals surface area contributed by atoms with Crippen molar-refractivity contribution in [3.63, 3.8) is 0 Å². The minimum Gasteiger partial charge on any atom is -0.311 e. The topological polar surface area (TPSA) is 13.0 Å². The molecule has 9 rings (SSSR count). The SMILES string of the molecule is Cc1ccc(N(c2ccccc2)c2ccc(N(c3ccc(N(c4ccccc4)c4ccc(C)cc4C)cc3)c3ccc(N(c4ccccc4)c4ccc(C)cc4C)cc3)cc2)cc1. The summed E-state index contributed by atoms with van der Waals surface area (Å²) >= 11 is 0. The van der Waals surface area contributed by atoms with Crippen molar-refractivity contribution in [1.29, 1.82) is 0 Å². The van der Waals surface area contributed by atoms with E-state index < -0.39 is 0 Å². The molecule has 0 N–H and O–H groups in total. The van der Waals surface area contributed by atoms with Crippen molar-refractivity contribution in [2.75, 3.05) is 19.6 Å². The molecule has 0 radical (unpaired) electrons. The Bertz CT molecular complexity index is 2770. The lowest BCUT2D eigenvalue weighted by molar-refractivity contribution is 1.22. The van der Waals surface area contributed by atoms with Crippen molar-refractivity contribution in [3.8, 4) is 0 Å². The molecule has 0 aliphatic rings. The number of nitrogens with zero attached hydrogens (tertiary/aromatic N) is 4. The van der Waals surface area contributed by atoms with E-state index in [1.807, 2.05) is 0 Å². The first-order valence-electron chi connectivity index (χ1n) is 21.7. The van der Waals surface area contributed by atoms with E-state index in [1.165, 1.54) is 27.8 Å². The van der Waals surface area contributed by atoms with Crippen LogP contribution in [0.25, 0.3) is 0 Å². The van der Waals surface area contributed by atoms with Crippen LogP contribution < -0.4 is 19.6 Å². The van der Waals surface area contributed by atoms with Gasteiger partial charge in [0.2, 0.25) is 0 Å². The van der Waals surface area contributed by atoms with E-state index in [0.29, 0.717) is 0 Å². The maximum atomic E-state index is 2.35. The molecule has 9 aromatic rings. The first-order chi connectivity index (χ1) is 30.8. The number of hydrogen-bond acceptors (Lipinski definition) is 4. The van der Waals surface area contributed by atoms with Gasteiger partial charge in [0.05, 0.1) is 0 Å². The number of rotatable bonds is 12. The number of benzene rings is 9. The zero-order chi connectivity index (χ0) is 43.3. The molecule has 9 aromatic carbocycles. The molecule has 0 aliphatic carbocycles. The Hall–Kier alpha value is -7.82. The van der Waals surface area contributed by atoms with E-state index in [9.17, 15) is 0 Å². The average Bonchev–Trinajstić information content (AvgIpc) is 3.31. The Morgan fingerprint density at radius 3 is 0.714 bits per heavy atom. The molecule has 0 heterocycles. The molecule has 4 heteroatoms. The Morgan fingerprint density at radius 2 is 0.429 bits per heavy atom. The Labute approximate surface area is 373 Å². The predicted octanol–water partition coefficient (Wildman–Crippen LogP) is 17.1. The predicted molar refractivity (Wildman–Crippen MR) is 269 cm³/mol. The van der Waals surface area contributed by atoms with Crippen molar-refractivity contribution < 1.29 is 0 Å². The zero-order valence-electron chi connectivity index (χ0n) is 36.7. The van der Waals surface area contributed by atoms with Gasteiger partial charge in [-0.2, -0.15) is 0 Å². The minimum absolute atomic E-state index is 1.06. The van der Waals surface area contributed by atoms with Crippen LogP contribution in [0.4, 0.5) is 68.2 Å². The third-order valence-electron chi connectivity index (χ3n) is 11.6. The van der Waals surface area contributed by atoms with Gasteiger partial charge in [0.1, 0.15) is 0 Å². The van der Waals surface area contributed by atoms with Gasteiger partial charge in [-0.15, -0.1) is 0 Å². The fourth-order valence-electron chi connectivity index (χ4n) is 8.54. The first kappa shape index (κ1) is 40.6. The van der Waals surface area contributed by atoms with Gasteiger partial charge in [-0.05, 0) is 179 Å². The number of para-hydroxylation sites is 3. The summed E-state index contributed by atoms with van der Waals surface area (Å²) < 4.78 is 0. The van der Waals surface area contributed by atoms with Crippen molar-refractivity contribution in [2.45, 2.75) is 34.6 Å². The second-order valence-corrected chi connectivity index (χ2v) is 16.3. The van der Waals surface area contributed by atoms with Gasteiger partial charge in [-0.3, -0.25) is 0 Å². The van der Waals surface area contributed by atoms with Crippen LogP contribution in [0.3, 0.4) is 0 Å². The van der Waals surface area contributed by atoms with E-state index in [1.54, 1.807) is 0 Å². The van der Waals surface area contributed by atoms with Crippen LogP contribution in [-0.4, -0.2) is 0 Å². The van der Waals surface area contributed by atoms with Crippen LogP contribution in [0, 0.1) is 34.6 Å². The average molecular weight is 817 g/mol. The molecular weight excluding hydrogens is 765 g/mol. The molecule has 0 spiro atoms. The van der Waals surface area contributed by atoms with E-state index >= 15 is 0 Å². The van der Waals surface area contributed by atoms with Gasteiger partial charge in [0.15, 0.2) is 0 Å². The second kappa shape index (κ2) is 18.0.